The molecule has 4 nitrogen and oxygen atoms in total. The number of nitrogens with one attached hydrogen (secondary N) is 1. The molecule has 0 amide bonds. The second-order valence-corrected chi connectivity index (χ2v) is 5.72. The highest BCUT2D eigenvalue weighted by atomic mass is 35.5. The first-order valence-electron chi connectivity index (χ1n) is 5.32. The predicted octanol–water partition coefficient (Wildman–Crippen LogP) is 1.24. The van der Waals surface area contributed by atoms with Gasteiger partial charge in [-0.15, -0.1) is 0 Å². The van der Waals surface area contributed by atoms with Gasteiger partial charge >= 0.3 is 0 Å². The third-order valence-corrected chi connectivity index (χ3v) is 4.23. The van der Waals surface area contributed by atoms with E-state index in [4.69, 9.17) is 11.6 Å². The lowest BCUT2D eigenvalue weighted by atomic mass is 10.0. The highest BCUT2D eigenvalue weighted by Gasteiger charge is 2.18. The summed E-state index contributed by atoms with van der Waals surface area (Å²) in [5.74, 6) is 1.17. The molecule has 0 radical (unpaired) electrons. The summed E-state index contributed by atoms with van der Waals surface area (Å²) >= 11 is 5.68. The van der Waals surface area contributed by atoms with Crippen LogP contribution in [0.2, 0.25) is 5.02 Å². The van der Waals surface area contributed by atoms with Crippen LogP contribution in [0.1, 0.15) is 12.8 Å². The summed E-state index contributed by atoms with van der Waals surface area (Å²) in [6, 6.07) is 0. The third kappa shape index (κ3) is 3.23. The summed E-state index contributed by atoms with van der Waals surface area (Å²) in [6.45, 7) is 2.03. The van der Waals surface area contributed by atoms with Gasteiger partial charge in [0.05, 0.1) is 28.2 Å². The minimum Gasteiger partial charge on any atom is -0.317 e. The lowest BCUT2D eigenvalue weighted by Gasteiger charge is -2.21. The van der Waals surface area contributed by atoms with Crippen LogP contribution in [0.4, 0.5) is 0 Å². The van der Waals surface area contributed by atoms with Crippen molar-refractivity contribution < 1.29 is 4.21 Å². The number of hydrogen-bond donors (Lipinski definition) is 1. The smallest absolute Gasteiger partial charge is 0.218 e. The molecular weight excluding hydrogens is 246 g/mol. The van der Waals surface area contributed by atoms with Crippen molar-refractivity contribution in [1.82, 2.24) is 15.3 Å². The molecule has 6 heteroatoms. The van der Waals surface area contributed by atoms with Crippen LogP contribution in [0, 0.1) is 5.92 Å². The Hall–Kier alpha value is -0.520. The average molecular weight is 260 g/mol. The van der Waals surface area contributed by atoms with E-state index in [1.54, 1.807) is 0 Å². The van der Waals surface area contributed by atoms with Crippen LogP contribution in [0.3, 0.4) is 0 Å². The Kier molecular flexibility index (Phi) is 4.26. The van der Waals surface area contributed by atoms with E-state index in [0.29, 0.717) is 21.8 Å². The van der Waals surface area contributed by atoms with Crippen molar-refractivity contribution in [3.05, 3.63) is 17.4 Å². The van der Waals surface area contributed by atoms with Crippen LogP contribution in [0.15, 0.2) is 17.6 Å². The molecule has 1 aliphatic rings. The second-order valence-electron chi connectivity index (χ2n) is 3.89. The van der Waals surface area contributed by atoms with Gasteiger partial charge in [-0.25, -0.2) is 9.97 Å². The van der Waals surface area contributed by atoms with Crippen molar-refractivity contribution in [3.63, 3.8) is 0 Å². The number of piperidine rings is 1. The molecule has 0 unspecified atom stereocenters. The van der Waals surface area contributed by atoms with E-state index in [2.05, 4.69) is 15.3 Å². The zero-order valence-corrected chi connectivity index (χ0v) is 10.4. The quantitative estimate of drug-likeness (QED) is 0.830. The summed E-state index contributed by atoms with van der Waals surface area (Å²) in [4.78, 5) is 7.97. The Morgan fingerprint density at radius 3 is 2.62 bits per heavy atom. The van der Waals surface area contributed by atoms with Gasteiger partial charge in [-0.1, -0.05) is 11.6 Å². The molecule has 0 spiro atoms. The third-order valence-electron chi connectivity index (χ3n) is 2.65. The van der Waals surface area contributed by atoms with Gasteiger partial charge in [0.1, 0.15) is 0 Å². The van der Waals surface area contributed by atoms with E-state index >= 15 is 0 Å². The van der Waals surface area contributed by atoms with Crippen LogP contribution in [0.25, 0.3) is 0 Å². The highest BCUT2D eigenvalue weighted by Crippen LogP contribution is 2.15. The monoisotopic (exact) mass is 259 g/mol. The summed E-state index contributed by atoms with van der Waals surface area (Å²) in [6.07, 6.45) is 5.15. The Labute approximate surface area is 102 Å². The van der Waals surface area contributed by atoms with E-state index in [-0.39, 0.29) is 0 Å². The topological polar surface area (TPSA) is 54.9 Å². The van der Waals surface area contributed by atoms with Gasteiger partial charge in [-0.2, -0.15) is 0 Å². The van der Waals surface area contributed by atoms with E-state index in [1.165, 1.54) is 12.4 Å². The number of aromatic nitrogens is 2. The van der Waals surface area contributed by atoms with Crippen LogP contribution in [-0.2, 0) is 10.8 Å². The maximum Gasteiger partial charge on any atom is 0.218 e. The molecular formula is C10H14ClN3OS. The largest absolute Gasteiger partial charge is 0.317 e. The van der Waals surface area contributed by atoms with Crippen LogP contribution in [0.5, 0.6) is 0 Å². The van der Waals surface area contributed by atoms with E-state index in [1.807, 2.05) is 0 Å². The molecule has 1 aromatic rings. The first kappa shape index (κ1) is 12.0. The van der Waals surface area contributed by atoms with Gasteiger partial charge < -0.3 is 5.32 Å². The molecule has 88 valence electrons. The summed E-state index contributed by atoms with van der Waals surface area (Å²) in [5.41, 5.74) is 0. The second kappa shape index (κ2) is 5.70. The van der Waals surface area contributed by atoms with E-state index < -0.39 is 10.8 Å². The molecule has 0 bridgehead atoms. The molecule has 16 heavy (non-hydrogen) atoms. The summed E-state index contributed by atoms with van der Waals surface area (Å²) < 4.78 is 11.9. The summed E-state index contributed by atoms with van der Waals surface area (Å²) in [7, 11) is -1.10. The molecule has 2 heterocycles. The summed E-state index contributed by atoms with van der Waals surface area (Å²) in [5, 5.41) is 4.15. The zero-order valence-electron chi connectivity index (χ0n) is 8.86. The average Bonchev–Trinajstić information content (AvgIpc) is 2.31. The van der Waals surface area contributed by atoms with Gasteiger partial charge in [0.2, 0.25) is 5.16 Å². The van der Waals surface area contributed by atoms with Crippen molar-refractivity contribution >= 4 is 22.4 Å². The number of halogens is 1. The normalized spacial score (nSPS) is 19.6. The fourth-order valence-corrected chi connectivity index (χ4v) is 3.10. The number of hydrogen-bond acceptors (Lipinski definition) is 4. The zero-order chi connectivity index (χ0) is 11.4. The van der Waals surface area contributed by atoms with Crippen molar-refractivity contribution in [2.24, 2.45) is 5.92 Å². The van der Waals surface area contributed by atoms with Gasteiger partial charge in [-0.3, -0.25) is 4.21 Å². The molecule has 1 atom stereocenters. The Balaban J connectivity index is 1.94. The molecule has 1 aliphatic heterocycles. The van der Waals surface area contributed by atoms with Crippen LogP contribution in [-0.4, -0.2) is 33.0 Å². The minimum atomic E-state index is -1.10. The number of nitrogens with zero attached hydrogens (tertiary/aromatic N) is 2. The van der Waals surface area contributed by atoms with Gasteiger partial charge in [0.15, 0.2) is 0 Å². The van der Waals surface area contributed by atoms with Crippen LogP contribution < -0.4 is 5.32 Å². The van der Waals surface area contributed by atoms with Crippen molar-refractivity contribution in [3.8, 4) is 0 Å². The molecule has 0 aliphatic carbocycles. The standard InChI is InChI=1S/C10H14ClN3OS/c11-9-5-13-10(14-6-9)16(15)7-8-1-3-12-4-2-8/h5-6,8,12H,1-4,7H2/t16-/m0/s1. The van der Waals surface area contributed by atoms with Crippen LogP contribution >= 0.6 is 11.6 Å². The lowest BCUT2D eigenvalue weighted by molar-refractivity contribution is 0.405. The van der Waals surface area contributed by atoms with Gasteiger partial charge in [0.25, 0.3) is 0 Å². The Bertz CT molecular complexity index is 365. The minimum absolute atomic E-state index is 0.392. The molecule has 2 rings (SSSR count). The molecule has 0 saturated carbocycles. The molecule has 1 aromatic heterocycles. The molecule has 1 N–H and O–H groups in total. The molecule has 1 saturated heterocycles. The van der Waals surface area contributed by atoms with E-state index in [0.717, 1.165) is 25.9 Å². The van der Waals surface area contributed by atoms with E-state index in [9.17, 15) is 4.21 Å². The van der Waals surface area contributed by atoms with Crippen molar-refractivity contribution in [2.45, 2.75) is 18.0 Å². The first-order chi connectivity index (χ1) is 7.75. The van der Waals surface area contributed by atoms with Crippen molar-refractivity contribution in [2.75, 3.05) is 18.8 Å². The maximum atomic E-state index is 11.9. The highest BCUT2D eigenvalue weighted by molar-refractivity contribution is 7.84. The predicted molar refractivity (Wildman–Crippen MR) is 63.9 cm³/mol. The maximum absolute atomic E-state index is 11.9. The van der Waals surface area contributed by atoms with Crippen molar-refractivity contribution in [1.29, 1.82) is 0 Å². The van der Waals surface area contributed by atoms with Gasteiger partial charge in [0, 0.05) is 5.75 Å². The fourth-order valence-electron chi connectivity index (χ4n) is 1.75. The Morgan fingerprint density at radius 2 is 2.00 bits per heavy atom. The fraction of sp³-hybridized carbons (Fsp3) is 0.600. The molecule has 0 aromatic carbocycles. The Morgan fingerprint density at radius 1 is 1.38 bits per heavy atom. The molecule has 1 fully saturated rings. The first-order valence-corrected chi connectivity index (χ1v) is 7.02. The SMILES string of the molecule is O=[S@@](CC1CCNCC1)c1ncc(Cl)cn1. The number of rotatable bonds is 3. The lowest BCUT2D eigenvalue weighted by Crippen LogP contribution is -2.30. The van der Waals surface area contributed by atoms with Gasteiger partial charge in [-0.05, 0) is 31.8 Å².